The standard InChI is InChI=1S/C21H25N3O/c1-16(2)23-11-8-19(9-12-23)25-20-5-6-21-17(14-20)7-13-24(21)18-4-3-10-22-15-18/h3-7,10,13-16,19H,8-9,11-12H2,1-2H3. The second-order valence-corrected chi connectivity index (χ2v) is 7.06. The molecule has 0 atom stereocenters. The lowest BCUT2D eigenvalue weighted by Gasteiger charge is -2.34. The lowest BCUT2D eigenvalue weighted by molar-refractivity contribution is 0.0844. The first-order chi connectivity index (χ1) is 12.2. The van der Waals surface area contributed by atoms with Crippen molar-refractivity contribution in [2.45, 2.75) is 38.8 Å². The van der Waals surface area contributed by atoms with Crippen LogP contribution in [0.4, 0.5) is 0 Å². The van der Waals surface area contributed by atoms with Crippen molar-refractivity contribution >= 4 is 10.9 Å². The number of hydrogen-bond donors (Lipinski definition) is 0. The van der Waals surface area contributed by atoms with Gasteiger partial charge in [-0.15, -0.1) is 0 Å². The molecule has 4 rings (SSSR count). The zero-order chi connectivity index (χ0) is 17.2. The van der Waals surface area contributed by atoms with Crippen molar-refractivity contribution in [1.82, 2.24) is 14.5 Å². The Kier molecular flexibility index (Phi) is 4.45. The smallest absolute Gasteiger partial charge is 0.120 e. The van der Waals surface area contributed by atoms with Crippen molar-refractivity contribution in [2.24, 2.45) is 0 Å². The molecule has 3 aromatic rings. The minimum atomic E-state index is 0.327. The molecule has 1 saturated heterocycles. The van der Waals surface area contributed by atoms with Gasteiger partial charge in [0.2, 0.25) is 0 Å². The van der Waals surface area contributed by atoms with Gasteiger partial charge in [-0.1, -0.05) is 0 Å². The van der Waals surface area contributed by atoms with Crippen LogP contribution < -0.4 is 4.74 Å². The predicted molar refractivity (Wildman–Crippen MR) is 101 cm³/mol. The summed E-state index contributed by atoms with van der Waals surface area (Å²) in [6.45, 7) is 6.79. The number of likely N-dealkylation sites (tertiary alicyclic amines) is 1. The Bertz CT molecular complexity index is 833. The van der Waals surface area contributed by atoms with Gasteiger partial charge < -0.3 is 14.2 Å². The Labute approximate surface area is 149 Å². The van der Waals surface area contributed by atoms with E-state index >= 15 is 0 Å². The van der Waals surface area contributed by atoms with Crippen LogP contribution in [-0.4, -0.2) is 39.7 Å². The van der Waals surface area contributed by atoms with Gasteiger partial charge in [0.05, 0.1) is 17.4 Å². The van der Waals surface area contributed by atoms with Crippen LogP contribution in [0.5, 0.6) is 5.75 Å². The number of piperidine rings is 1. The molecule has 0 aliphatic carbocycles. The highest BCUT2D eigenvalue weighted by Gasteiger charge is 2.22. The number of nitrogens with zero attached hydrogens (tertiary/aromatic N) is 3. The molecule has 0 amide bonds. The van der Waals surface area contributed by atoms with E-state index in [-0.39, 0.29) is 0 Å². The average molecular weight is 335 g/mol. The summed E-state index contributed by atoms with van der Waals surface area (Å²) in [4.78, 5) is 6.74. The van der Waals surface area contributed by atoms with E-state index in [0.29, 0.717) is 12.1 Å². The highest BCUT2D eigenvalue weighted by Crippen LogP contribution is 2.26. The predicted octanol–water partition coefficient (Wildman–Crippen LogP) is 4.28. The lowest BCUT2D eigenvalue weighted by Crippen LogP contribution is -2.41. The largest absolute Gasteiger partial charge is 0.490 e. The zero-order valence-electron chi connectivity index (χ0n) is 14.9. The van der Waals surface area contributed by atoms with Gasteiger partial charge in [-0.25, -0.2) is 0 Å². The molecule has 1 aliphatic rings. The second kappa shape index (κ2) is 6.89. The van der Waals surface area contributed by atoms with Gasteiger partial charge >= 0.3 is 0 Å². The van der Waals surface area contributed by atoms with Crippen LogP contribution in [0.15, 0.2) is 55.0 Å². The Hall–Kier alpha value is -2.33. The van der Waals surface area contributed by atoms with Gasteiger partial charge in [0, 0.05) is 36.9 Å². The molecule has 0 N–H and O–H groups in total. The number of ether oxygens (including phenoxy) is 1. The first kappa shape index (κ1) is 16.2. The Balaban J connectivity index is 1.49. The Morgan fingerprint density at radius 1 is 1.12 bits per heavy atom. The minimum Gasteiger partial charge on any atom is -0.490 e. The highest BCUT2D eigenvalue weighted by molar-refractivity contribution is 5.83. The van der Waals surface area contributed by atoms with Crippen LogP contribution >= 0.6 is 0 Å². The minimum absolute atomic E-state index is 0.327. The van der Waals surface area contributed by atoms with Crippen molar-refractivity contribution in [2.75, 3.05) is 13.1 Å². The first-order valence-electron chi connectivity index (χ1n) is 9.13. The van der Waals surface area contributed by atoms with Gasteiger partial charge in [0.15, 0.2) is 0 Å². The quantitative estimate of drug-likeness (QED) is 0.713. The molecular formula is C21H25N3O. The summed E-state index contributed by atoms with van der Waals surface area (Å²) >= 11 is 0. The maximum absolute atomic E-state index is 6.26. The third kappa shape index (κ3) is 3.40. The van der Waals surface area contributed by atoms with Gasteiger partial charge in [0.1, 0.15) is 11.9 Å². The van der Waals surface area contributed by atoms with Crippen LogP contribution in [0, 0.1) is 0 Å². The van der Waals surface area contributed by atoms with Gasteiger partial charge in [-0.2, -0.15) is 0 Å². The van der Waals surface area contributed by atoms with Crippen LogP contribution in [0.2, 0.25) is 0 Å². The molecule has 1 aliphatic heterocycles. The van der Waals surface area contributed by atoms with Crippen LogP contribution in [0.1, 0.15) is 26.7 Å². The molecule has 0 unspecified atom stereocenters. The number of benzene rings is 1. The van der Waals surface area contributed by atoms with Crippen LogP contribution in [0.3, 0.4) is 0 Å². The van der Waals surface area contributed by atoms with Crippen molar-refractivity contribution in [3.05, 3.63) is 55.0 Å². The van der Waals surface area contributed by atoms with Gasteiger partial charge in [0.25, 0.3) is 0 Å². The number of aromatic nitrogens is 2. The fourth-order valence-corrected chi connectivity index (χ4v) is 3.62. The molecule has 3 heterocycles. The maximum Gasteiger partial charge on any atom is 0.120 e. The molecule has 0 radical (unpaired) electrons. The van der Waals surface area contributed by atoms with Crippen molar-refractivity contribution < 1.29 is 4.74 Å². The van der Waals surface area contributed by atoms with E-state index in [1.54, 1.807) is 6.20 Å². The Morgan fingerprint density at radius 3 is 2.68 bits per heavy atom. The maximum atomic E-state index is 6.26. The summed E-state index contributed by atoms with van der Waals surface area (Å²) in [5.41, 5.74) is 2.25. The van der Waals surface area contributed by atoms with Crippen LogP contribution in [0.25, 0.3) is 16.6 Å². The molecule has 130 valence electrons. The average Bonchev–Trinajstić information content (AvgIpc) is 3.06. The zero-order valence-corrected chi connectivity index (χ0v) is 14.9. The number of pyridine rings is 1. The van der Waals surface area contributed by atoms with Crippen molar-refractivity contribution in [1.29, 1.82) is 0 Å². The summed E-state index contributed by atoms with van der Waals surface area (Å²) in [6, 6.07) is 13.2. The third-order valence-corrected chi connectivity index (χ3v) is 5.10. The monoisotopic (exact) mass is 335 g/mol. The summed E-state index contributed by atoms with van der Waals surface area (Å²) in [5, 5.41) is 1.20. The normalized spacial score (nSPS) is 16.6. The SMILES string of the molecule is CC(C)N1CCC(Oc2ccc3c(ccn3-c3cccnc3)c2)CC1. The third-order valence-electron chi connectivity index (χ3n) is 5.10. The molecule has 25 heavy (non-hydrogen) atoms. The number of fused-ring (bicyclic) bond motifs is 1. The number of rotatable bonds is 4. The molecule has 1 aromatic carbocycles. The summed E-state index contributed by atoms with van der Waals surface area (Å²) in [7, 11) is 0. The Morgan fingerprint density at radius 2 is 1.96 bits per heavy atom. The molecule has 0 spiro atoms. The first-order valence-corrected chi connectivity index (χ1v) is 9.13. The lowest BCUT2D eigenvalue weighted by atomic mass is 10.1. The fourth-order valence-electron chi connectivity index (χ4n) is 3.62. The van der Waals surface area contributed by atoms with Gasteiger partial charge in [-0.05, 0) is 63.1 Å². The van der Waals surface area contributed by atoms with Crippen LogP contribution in [-0.2, 0) is 0 Å². The highest BCUT2D eigenvalue weighted by atomic mass is 16.5. The topological polar surface area (TPSA) is 30.3 Å². The second-order valence-electron chi connectivity index (χ2n) is 7.06. The van der Waals surface area contributed by atoms with E-state index in [2.05, 4.69) is 64.8 Å². The van der Waals surface area contributed by atoms with E-state index in [1.165, 1.54) is 10.9 Å². The fraction of sp³-hybridized carbons (Fsp3) is 0.381. The summed E-state index contributed by atoms with van der Waals surface area (Å²) in [5.74, 6) is 0.972. The van der Waals surface area contributed by atoms with Crippen molar-refractivity contribution in [3.8, 4) is 11.4 Å². The van der Waals surface area contributed by atoms with Crippen molar-refractivity contribution in [3.63, 3.8) is 0 Å². The van der Waals surface area contributed by atoms with E-state index in [4.69, 9.17) is 4.74 Å². The van der Waals surface area contributed by atoms with E-state index < -0.39 is 0 Å². The summed E-state index contributed by atoms with van der Waals surface area (Å²) in [6.07, 6.45) is 8.30. The van der Waals surface area contributed by atoms with Gasteiger partial charge in [-0.3, -0.25) is 4.98 Å². The molecular weight excluding hydrogens is 310 g/mol. The summed E-state index contributed by atoms with van der Waals surface area (Å²) < 4.78 is 8.42. The molecule has 4 heteroatoms. The molecule has 0 saturated carbocycles. The molecule has 2 aromatic heterocycles. The molecule has 1 fully saturated rings. The van der Waals surface area contributed by atoms with E-state index in [0.717, 1.165) is 37.4 Å². The number of hydrogen-bond acceptors (Lipinski definition) is 3. The molecule has 4 nitrogen and oxygen atoms in total. The molecule has 0 bridgehead atoms. The van der Waals surface area contributed by atoms with E-state index in [1.807, 2.05) is 12.3 Å². The van der Waals surface area contributed by atoms with E-state index in [9.17, 15) is 0 Å².